The molecule has 0 radical (unpaired) electrons. The minimum absolute atomic E-state index is 0.254. The van der Waals surface area contributed by atoms with E-state index in [2.05, 4.69) is 10.3 Å². The Hall–Kier alpha value is -1.63. The lowest BCUT2D eigenvalue weighted by Gasteiger charge is -2.21. The highest BCUT2D eigenvalue weighted by Crippen LogP contribution is 2.19. The number of rotatable bonds is 4. The Morgan fingerprint density at radius 1 is 1.45 bits per heavy atom. The van der Waals surface area contributed by atoms with Gasteiger partial charge in [0.2, 0.25) is 0 Å². The quantitative estimate of drug-likeness (QED) is 0.865. The van der Waals surface area contributed by atoms with Crippen molar-refractivity contribution in [3.8, 4) is 0 Å². The van der Waals surface area contributed by atoms with Crippen LogP contribution >= 0.6 is 11.3 Å². The third kappa shape index (κ3) is 5.16. The van der Waals surface area contributed by atoms with E-state index in [4.69, 9.17) is 9.47 Å². The van der Waals surface area contributed by atoms with E-state index in [1.165, 1.54) is 11.3 Å². The number of hydrogen-bond donors (Lipinski definition) is 1. The fourth-order valence-electron chi connectivity index (χ4n) is 1.33. The van der Waals surface area contributed by atoms with Gasteiger partial charge in [0.1, 0.15) is 10.6 Å². The van der Waals surface area contributed by atoms with Gasteiger partial charge in [-0.2, -0.15) is 0 Å². The Labute approximate surface area is 122 Å². The maximum Gasteiger partial charge on any atom is 0.408 e. The number of ether oxygens (including phenoxy) is 2. The van der Waals surface area contributed by atoms with Crippen molar-refractivity contribution < 1.29 is 19.1 Å². The highest BCUT2D eigenvalue weighted by molar-refractivity contribution is 7.09. The standard InChI is InChI=1S/C13H20N2O4S/c1-6-18-11(16)9-7-20-10(15-9)8(2)14-12(17)19-13(3,4)5/h7-8H,6H2,1-5H3,(H,14,17). The van der Waals surface area contributed by atoms with Crippen LogP contribution in [0.2, 0.25) is 0 Å². The van der Waals surface area contributed by atoms with Crippen LogP contribution in [0.3, 0.4) is 0 Å². The van der Waals surface area contributed by atoms with Crippen LogP contribution in [-0.2, 0) is 9.47 Å². The van der Waals surface area contributed by atoms with Crippen molar-refractivity contribution in [2.45, 2.75) is 46.3 Å². The molecule has 0 spiro atoms. The first-order chi connectivity index (χ1) is 9.23. The number of nitrogens with one attached hydrogen (secondary N) is 1. The molecule has 1 rings (SSSR count). The molecule has 20 heavy (non-hydrogen) atoms. The van der Waals surface area contributed by atoms with E-state index in [1.807, 2.05) is 0 Å². The molecule has 6 nitrogen and oxygen atoms in total. The van der Waals surface area contributed by atoms with Crippen molar-refractivity contribution in [2.24, 2.45) is 0 Å². The van der Waals surface area contributed by atoms with Gasteiger partial charge in [-0.1, -0.05) is 0 Å². The van der Waals surface area contributed by atoms with Gasteiger partial charge in [0.05, 0.1) is 12.6 Å². The van der Waals surface area contributed by atoms with Crippen LogP contribution in [0.1, 0.15) is 56.2 Å². The summed E-state index contributed by atoms with van der Waals surface area (Å²) in [6, 6.07) is -0.335. The van der Waals surface area contributed by atoms with Crippen molar-refractivity contribution in [3.05, 3.63) is 16.1 Å². The molecule has 0 aliphatic rings. The Morgan fingerprint density at radius 3 is 2.65 bits per heavy atom. The Kier molecular flexibility index (Phi) is 5.50. The SMILES string of the molecule is CCOC(=O)c1csc(C(C)NC(=O)OC(C)(C)C)n1. The lowest BCUT2D eigenvalue weighted by Crippen LogP contribution is -2.34. The Bertz CT molecular complexity index is 479. The minimum Gasteiger partial charge on any atom is -0.461 e. The number of aromatic nitrogens is 1. The van der Waals surface area contributed by atoms with Crippen LogP contribution in [0.25, 0.3) is 0 Å². The first-order valence-corrected chi connectivity index (χ1v) is 7.23. The molecule has 0 saturated heterocycles. The second-order valence-corrected chi connectivity index (χ2v) is 6.05. The van der Waals surface area contributed by atoms with E-state index in [-0.39, 0.29) is 11.7 Å². The third-order valence-electron chi connectivity index (χ3n) is 2.11. The summed E-state index contributed by atoms with van der Waals surface area (Å²) in [6.07, 6.45) is -0.516. The zero-order valence-electron chi connectivity index (χ0n) is 12.4. The van der Waals surface area contributed by atoms with Gasteiger partial charge in [-0.05, 0) is 34.6 Å². The van der Waals surface area contributed by atoms with Crippen molar-refractivity contribution in [2.75, 3.05) is 6.61 Å². The number of carbonyl (C=O) groups excluding carboxylic acids is 2. The maximum absolute atomic E-state index is 11.6. The van der Waals surface area contributed by atoms with Gasteiger partial charge >= 0.3 is 12.1 Å². The summed E-state index contributed by atoms with van der Waals surface area (Å²) in [5.41, 5.74) is -0.298. The molecular weight excluding hydrogens is 280 g/mol. The molecule has 1 amide bonds. The molecule has 1 unspecified atom stereocenters. The van der Waals surface area contributed by atoms with Crippen LogP contribution in [0.15, 0.2) is 5.38 Å². The van der Waals surface area contributed by atoms with Gasteiger partial charge in [-0.25, -0.2) is 14.6 Å². The molecule has 1 heterocycles. The summed E-state index contributed by atoms with van der Waals surface area (Å²) < 4.78 is 10.0. The lowest BCUT2D eigenvalue weighted by atomic mass is 10.2. The van der Waals surface area contributed by atoms with E-state index >= 15 is 0 Å². The van der Waals surface area contributed by atoms with Gasteiger partial charge in [-0.15, -0.1) is 11.3 Å². The number of alkyl carbamates (subject to hydrolysis) is 1. The van der Waals surface area contributed by atoms with Gasteiger partial charge in [0, 0.05) is 5.38 Å². The number of hydrogen-bond acceptors (Lipinski definition) is 6. The summed E-state index contributed by atoms with van der Waals surface area (Å²) >= 11 is 1.29. The smallest absolute Gasteiger partial charge is 0.408 e. The first kappa shape index (κ1) is 16.4. The van der Waals surface area contributed by atoms with Crippen LogP contribution < -0.4 is 5.32 Å². The monoisotopic (exact) mass is 300 g/mol. The Morgan fingerprint density at radius 2 is 2.10 bits per heavy atom. The average molecular weight is 300 g/mol. The third-order valence-corrected chi connectivity index (χ3v) is 3.14. The molecule has 0 bridgehead atoms. The number of thiazole rings is 1. The summed E-state index contributed by atoms with van der Waals surface area (Å²) in [5.74, 6) is -0.459. The number of nitrogens with zero attached hydrogens (tertiary/aromatic N) is 1. The molecule has 0 aliphatic carbocycles. The molecule has 0 aliphatic heterocycles. The van der Waals surface area contributed by atoms with Crippen LogP contribution in [0.4, 0.5) is 4.79 Å². The zero-order valence-corrected chi connectivity index (χ0v) is 13.2. The largest absolute Gasteiger partial charge is 0.461 e. The molecule has 1 aromatic heterocycles. The van der Waals surface area contributed by atoms with E-state index in [9.17, 15) is 9.59 Å². The fraction of sp³-hybridized carbons (Fsp3) is 0.615. The second-order valence-electron chi connectivity index (χ2n) is 5.16. The molecule has 0 saturated carbocycles. The van der Waals surface area contributed by atoms with Crippen molar-refractivity contribution in [1.82, 2.24) is 10.3 Å². The number of amides is 1. The van der Waals surface area contributed by atoms with Crippen LogP contribution in [-0.4, -0.2) is 29.3 Å². The van der Waals surface area contributed by atoms with Gasteiger partial charge in [0.15, 0.2) is 5.69 Å². The normalized spacial score (nSPS) is 12.7. The van der Waals surface area contributed by atoms with Gasteiger partial charge in [0.25, 0.3) is 0 Å². The predicted molar refractivity (Wildman–Crippen MR) is 75.9 cm³/mol. The minimum atomic E-state index is -0.553. The van der Waals surface area contributed by atoms with E-state index in [1.54, 1.807) is 40.0 Å². The second kappa shape index (κ2) is 6.69. The lowest BCUT2D eigenvalue weighted by molar-refractivity contribution is 0.0506. The van der Waals surface area contributed by atoms with Crippen molar-refractivity contribution in [1.29, 1.82) is 0 Å². The average Bonchev–Trinajstić information content (AvgIpc) is 2.75. The molecule has 0 aromatic carbocycles. The molecule has 1 N–H and O–H groups in total. The maximum atomic E-state index is 11.6. The highest BCUT2D eigenvalue weighted by atomic mass is 32.1. The van der Waals surface area contributed by atoms with E-state index in [0.717, 1.165) is 0 Å². The summed E-state index contributed by atoms with van der Waals surface area (Å²) in [6.45, 7) is 9.19. The predicted octanol–water partition coefficient (Wildman–Crippen LogP) is 2.91. The molecule has 112 valence electrons. The van der Waals surface area contributed by atoms with Crippen molar-refractivity contribution in [3.63, 3.8) is 0 Å². The first-order valence-electron chi connectivity index (χ1n) is 6.35. The fourth-order valence-corrected chi connectivity index (χ4v) is 2.13. The Balaban J connectivity index is 2.62. The van der Waals surface area contributed by atoms with E-state index in [0.29, 0.717) is 11.6 Å². The number of carbonyl (C=O) groups is 2. The van der Waals surface area contributed by atoms with Crippen molar-refractivity contribution >= 4 is 23.4 Å². The highest BCUT2D eigenvalue weighted by Gasteiger charge is 2.20. The zero-order chi connectivity index (χ0) is 15.3. The van der Waals surface area contributed by atoms with Crippen LogP contribution in [0.5, 0.6) is 0 Å². The van der Waals surface area contributed by atoms with Gasteiger partial charge < -0.3 is 14.8 Å². The molecule has 1 aromatic rings. The van der Waals surface area contributed by atoms with E-state index < -0.39 is 17.7 Å². The summed E-state index contributed by atoms with van der Waals surface area (Å²) in [5, 5.41) is 4.91. The number of esters is 1. The van der Waals surface area contributed by atoms with Crippen LogP contribution in [0, 0.1) is 0 Å². The molecule has 7 heteroatoms. The summed E-state index contributed by atoms with van der Waals surface area (Å²) in [4.78, 5) is 27.3. The molecular formula is C13H20N2O4S. The molecule has 0 fully saturated rings. The topological polar surface area (TPSA) is 77.5 Å². The molecule has 1 atom stereocenters. The summed E-state index contributed by atoms with van der Waals surface area (Å²) in [7, 11) is 0. The van der Waals surface area contributed by atoms with Gasteiger partial charge in [-0.3, -0.25) is 0 Å².